The van der Waals surface area contributed by atoms with Crippen LogP contribution in [0.4, 0.5) is 0 Å². The number of carbonyl (C=O) groups is 3. The molecule has 1 aliphatic heterocycles. The normalized spacial score (nSPS) is 25.8. The number of ether oxygens (including phenoxy) is 3. The summed E-state index contributed by atoms with van der Waals surface area (Å²) in [6, 6.07) is 5.64. The predicted octanol–water partition coefficient (Wildman–Crippen LogP) is 1.21. The van der Waals surface area contributed by atoms with Crippen LogP contribution in [-0.4, -0.2) is 45.3 Å². The molecule has 4 atom stereocenters. The number of hydrogen-bond donors (Lipinski definition) is 1. The lowest BCUT2D eigenvalue weighted by Crippen LogP contribution is -2.42. The fourth-order valence-electron chi connectivity index (χ4n) is 3.00. The molecule has 130 valence electrons. The summed E-state index contributed by atoms with van der Waals surface area (Å²) in [5, 5.41) is 3.02. The average molecular weight is 400 g/mol. The van der Waals surface area contributed by atoms with Gasteiger partial charge in [0.05, 0.1) is 33.2 Å². The van der Waals surface area contributed by atoms with Crippen molar-refractivity contribution in [1.29, 1.82) is 0 Å². The monoisotopic (exact) mass is 399 g/mol. The zero-order chi connectivity index (χ0) is 17.9. The molecular weight excluding hydrogens is 382 g/mol. The van der Waals surface area contributed by atoms with Crippen molar-refractivity contribution in [2.24, 2.45) is 11.8 Å². The molecule has 0 saturated carbocycles. The Morgan fingerprint density at radius 3 is 2.08 bits per heavy atom. The molecule has 1 saturated heterocycles. The second-order valence-corrected chi connectivity index (χ2v) is 6.21. The molecule has 0 aromatic heterocycles. The van der Waals surface area contributed by atoms with E-state index in [1.807, 2.05) is 12.1 Å². The first-order valence-electron chi connectivity index (χ1n) is 7.19. The molecule has 0 bridgehead atoms. The quantitative estimate of drug-likeness (QED) is 0.600. The molecule has 0 unspecified atom stereocenters. The number of nitrogens with one attached hydrogen (secondary N) is 1. The summed E-state index contributed by atoms with van der Waals surface area (Å²) < 4.78 is 15.2. The summed E-state index contributed by atoms with van der Waals surface area (Å²) in [5.74, 6) is -3.88. The predicted molar refractivity (Wildman–Crippen MR) is 86.8 cm³/mol. The number of rotatable bonds is 4. The molecule has 2 rings (SSSR count). The van der Waals surface area contributed by atoms with Gasteiger partial charge in [-0.05, 0) is 17.7 Å². The summed E-state index contributed by atoms with van der Waals surface area (Å²) in [4.78, 5) is 36.7. The molecular formula is C16H18BrNO6. The fraction of sp³-hybridized carbons (Fsp3) is 0.438. The van der Waals surface area contributed by atoms with E-state index in [0.29, 0.717) is 0 Å². The van der Waals surface area contributed by atoms with Gasteiger partial charge in [0.2, 0.25) is 0 Å². The van der Waals surface area contributed by atoms with Crippen LogP contribution in [0.1, 0.15) is 11.6 Å². The first-order valence-corrected chi connectivity index (χ1v) is 7.98. The SMILES string of the molecule is COC(=O)[C@@H]1[C@H](C(=O)OC)[C@H](C(=O)OC)N[C@@H]1c1cccc(Br)c1. The first-order chi connectivity index (χ1) is 11.4. The van der Waals surface area contributed by atoms with Crippen molar-refractivity contribution >= 4 is 33.8 Å². The van der Waals surface area contributed by atoms with E-state index in [1.54, 1.807) is 12.1 Å². The topological polar surface area (TPSA) is 90.9 Å². The van der Waals surface area contributed by atoms with E-state index in [4.69, 9.17) is 14.2 Å². The number of halogens is 1. The Hall–Kier alpha value is -1.93. The van der Waals surface area contributed by atoms with Crippen LogP contribution in [0, 0.1) is 11.8 Å². The van der Waals surface area contributed by atoms with Crippen LogP contribution in [0.5, 0.6) is 0 Å². The second kappa shape index (κ2) is 7.76. The van der Waals surface area contributed by atoms with Crippen LogP contribution < -0.4 is 5.32 Å². The van der Waals surface area contributed by atoms with Crippen molar-refractivity contribution in [2.75, 3.05) is 21.3 Å². The van der Waals surface area contributed by atoms with Gasteiger partial charge >= 0.3 is 17.9 Å². The van der Waals surface area contributed by atoms with Gasteiger partial charge in [0, 0.05) is 10.5 Å². The smallest absolute Gasteiger partial charge is 0.323 e. The summed E-state index contributed by atoms with van der Waals surface area (Å²) in [7, 11) is 3.66. The van der Waals surface area contributed by atoms with Crippen molar-refractivity contribution in [3.63, 3.8) is 0 Å². The largest absolute Gasteiger partial charge is 0.469 e. The van der Waals surface area contributed by atoms with Crippen LogP contribution in [0.15, 0.2) is 28.7 Å². The van der Waals surface area contributed by atoms with Crippen LogP contribution in [0.3, 0.4) is 0 Å². The number of esters is 3. The van der Waals surface area contributed by atoms with Crippen molar-refractivity contribution in [3.05, 3.63) is 34.3 Å². The molecule has 0 radical (unpaired) electrons. The maximum Gasteiger partial charge on any atom is 0.323 e. The highest BCUT2D eigenvalue weighted by atomic mass is 79.9. The third kappa shape index (κ3) is 3.44. The number of hydrogen-bond acceptors (Lipinski definition) is 7. The molecule has 1 N–H and O–H groups in total. The van der Waals surface area contributed by atoms with Crippen LogP contribution in [0.2, 0.25) is 0 Å². The second-order valence-electron chi connectivity index (χ2n) is 5.30. The van der Waals surface area contributed by atoms with Gasteiger partial charge in [-0.15, -0.1) is 0 Å². The third-order valence-electron chi connectivity index (χ3n) is 4.07. The Bertz CT molecular complexity index is 649. The Labute approximate surface area is 147 Å². The molecule has 0 spiro atoms. The molecule has 0 amide bonds. The van der Waals surface area contributed by atoms with Crippen molar-refractivity contribution < 1.29 is 28.6 Å². The Morgan fingerprint density at radius 2 is 1.54 bits per heavy atom. The van der Waals surface area contributed by atoms with E-state index < -0.39 is 41.8 Å². The average Bonchev–Trinajstić information content (AvgIpc) is 3.00. The van der Waals surface area contributed by atoms with Crippen molar-refractivity contribution in [2.45, 2.75) is 12.1 Å². The summed E-state index contributed by atoms with van der Waals surface area (Å²) in [6.07, 6.45) is 0. The molecule has 1 aromatic carbocycles. The zero-order valence-corrected chi connectivity index (χ0v) is 15.0. The summed E-state index contributed by atoms with van der Waals surface area (Å²) in [5.41, 5.74) is 0.736. The summed E-state index contributed by atoms with van der Waals surface area (Å²) in [6.45, 7) is 0. The lowest BCUT2D eigenvalue weighted by Gasteiger charge is -2.21. The van der Waals surface area contributed by atoms with Gasteiger partial charge in [0.15, 0.2) is 0 Å². The minimum atomic E-state index is -1.04. The van der Waals surface area contributed by atoms with Crippen LogP contribution in [0.25, 0.3) is 0 Å². The van der Waals surface area contributed by atoms with Gasteiger partial charge in [-0.3, -0.25) is 19.7 Å². The molecule has 8 heteroatoms. The highest BCUT2D eigenvalue weighted by Crippen LogP contribution is 2.39. The van der Waals surface area contributed by atoms with E-state index in [9.17, 15) is 14.4 Å². The zero-order valence-electron chi connectivity index (χ0n) is 13.4. The van der Waals surface area contributed by atoms with Crippen LogP contribution in [-0.2, 0) is 28.6 Å². The Morgan fingerprint density at radius 1 is 0.958 bits per heavy atom. The van der Waals surface area contributed by atoms with Gasteiger partial charge in [-0.2, -0.15) is 0 Å². The molecule has 1 aromatic rings. The Kier molecular flexibility index (Phi) is 5.95. The lowest BCUT2D eigenvalue weighted by atomic mass is 9.84. The molecule has 0 aliphatic carbocycles. The first kappa shape index (κ1) is 18.4. The third-order valence-corrected chi connectivity index (χ3v) is 4.57. The van der Waals surface area contributed by atoms with Crippen molar-refractivity contribution in [1.82, 2.24) is 5.32 Å². The standard InChI is InChI=1S/C16H18BrNO6/c1-22-14(19)10-11(15(20)23-2)13(16(21)24-3)18-12(10)8-5-4-6-9(17)7-8/h4-7,10-13,18H,1-3H3/t10-,11+,12-,13-/m1/s1. The Balaban J connectivity index is 2.51. The number of carbonyl (C=O) groups excluding carboxylic acids is 3. The van der Waals surface area contributed by atoms with E-state index in [-0.39, 0.29) is 0 Å². The van der Waals surface area contributed by atoms with Gasteiger partial charge in [0.1, 0.15) is 6.04 Å². The maximum absolute atomic E-state index is 12.3. The van der Waals surface area contributed by atoms with Gasteiger partial charge < -0.3 is 14.2 Å². The number of methoxy groups -OCH3 is 3. The minimum Gasteiger partial charge on any atom is -0.469 e. The number of benzene rings is 1. The molecule has 7 nitrogen and oxygen atoms in total. The van der Waals surface area contributed by atoms with Crippen LogP contribution >= 0.6 is 15.9 Å². The van der Waals surface area contributed by atoms with E-state index in [0.717, 1.165) is 10.0 Å². The molecule has 24 heavy (non-hydrogen) atoms. The fourth-order valence-corrected chi connectivity index (χ4v) is 3.42. The van der Waals surface area contributed by atoms with E-state index in [2.05, 4.69) is 21.2 Å². The van der Waals surface area contributed by atoms with Crippen molar-refractivity contribution in [3.8, 4) is 0 Å². The van der Waals surface area contributed by atoms with E-state index >= 15 is 0 Å². The summed E-state index contributed by atoms with van der Waals surface area (Å²) >= 11 is 3.37. The van der Waals surface area contributed by atoms with E-state index in [1.165, 1.54) is 21.3 Å². The highest BCUT2D eigenvalue weighted by Gasteiger charge is 2.55. The lowest BCUT2D eigenvalue weighted by molar-refractivity contribution is -0.159. The molecule has 1 heterocycles. The molecule has 1 aliphatic rings. The minimum absolute atomic E-state index is 0.594. The van der Waals surface area contributed by atoms with Gasteiger partial charge in [-0.1, -0.05) is 28.1 Å². The molecule has 1 fully saturated rings. The van der Waals surface area contributed by atoms with Gasteiger partial charge in [0.25, 0.3) is 0 Å². The maximum atomic E-state index is 12.3. The van der Waals surface area contributed by atoms with Gasteiger partial charge in [-0.25, -0.2) is 0 Å². The highest BCUT2D eigenvalue weighted by molar-refractivity contribution is 9.10.